The lowest BCUT2D eigenvalue weighted by Crippen LogP contribution is -2.65. The van der Waals surface area contributed by atoms with Crippen molar-refractivity contribution in [2.45, 2.75) is 29.6 Å². The van der Waals surface area contributed by atoms with Crippen molar-refractivity contribution in [1.82, 2.24) is 24.8 Å². The standard InChI is InChI=1S/C19H20ClF3N6O3S/c1-18(30,19(21,22)23)15-9-29(7-6-25-15)33(31,32)10-2-3-11(12(20)8-10)13-4-5-14-16(26-13)17(24)28-27-14/h2-5,8,15,25,30H,6-7,9H2,1H3,(H3,24,27,28). The number of sulfonamides is 1. The van der Waals surface area contributed by atoms with Crippen molar-refractivity contribution >= 4 is 38.5 Å². The highest BCUT2D eigenvalue weighted by atomic mass is 35.5. The van der Waals surface area contributed by atoms with Gasteiger partial charge in [0.25, 0.3) is 0 Å². The highest BCUT2D eigenvalue weighted by molar-refractivity contribution is 7.89. The number of hydrogen-bond acceptors (Lipinski definition) is 7. The van der Waals surface area contributed by atoms with Crippen molar-refractivity contribution < 1.29 is 26.7 Å². The van der Waals surface area contributed by atoms with E-state index in [1.807, 2.05) is 0 Å². The van der Waals surface area contributed by atoms with E-state index < -0.39 is 34.4 Å². The summed E-state index contributed by atoms with van der Waals surface area (Å²) in [5.74, 6) is 0.199. The Labute approximate surface area is 191 Å². The number of halogens is 4. The van der Waals surface area contributed by atoms with E-state index in [0.717, 1.165) is 4.31 Å². The number of nitrogens with one attached hydrogen (secondary N) is 2. The molecule has 1 aliphatic heterocycles. The minimum absolute atomic E-state index is 0.0575. The number of benzene rings is 1. The molecule has 2 aromatic heterocycles. The zero-order valence-electron chi connectivity index (χ0n) is 17.2. The van der Waals surface area contributed by atoms with Gasteiger partial charge in [-0.05, 0) is 37.3 Å². The number of H-pyrrole nitrogens is 1. The predicted octanol–water partition coefficient (Wildman–Crippen LogP) is 2.14. The smallest absolute Gasteiger partial charge is 0.380 e. The average molecular weight is 505 g/mol. The Bertz CT molecular complexity index is 1310. The summed E-state index contributed by atoms with van der Waals surface area (Å²) in [6.07, 6.45) is -4.94. The summed E-state index contributed by atoms with van der Waals surface area (Å²) >= 11 is 6.36. The molecule has 0 radical (unpaired) electrons. The van der Waals surface area contributed by atoms with Crippen LogP contribution in [0.5, 0.6) is 0 Å². The summed E-state index contributed by atoms with van der Waals surface area (Å²) in [7, 11) is -4.18. The van der Waals surface area contributed by atoms with Crippen molar-refractivity contribution in [3.8, 4) is 11.3 Å². The topological polar surface area (TPSA) is 137 Å². The molecule has 178 valence electrons. The number of alkyl halides is 3. The van der Waals surface area contributed by atoms with Gasteiger partial charge < -0.3 is 16.2 Å². The molecule has 1 aromatic carbocycles. The molecule has 5 N–H and O–H groups in total. The predicted molar refractivity (Wildman–Crippen MR) is 116 cm³/mol. The number of fused-ring (bicyclic) bond motifs is 1. The summed E-state index contributed by atoms with van der Waals surface area (Å²) in [4.78, 5) is 4.21. The maximum Gasteiger partial charge on any atom is 0.418 e. The largest absolute Gasteiger partial charge is 0.418 e. The number of nitrogen functional groups attached to an aromatic ring is 1. The normalized spacial score (nSPS) is 20.1. The van der Waals surface area contributed by atoms with Gasteiger partial charge in [0.05, 0.1) is 27.2 Å². The highest BCUT2D eigenvalue weighted by Crippen LogP contribution is 2.35. The van der Waals surface area contributed by atoms with Crippen LogP contribution < -0.4 is 11.1 Å². The number of rotatable bonds is 4. The fraction of sp³-hybridized carbons (Fsp3) is 0.368. The number of aromatic nitrogens is 3. The lowest BCUT2D eigenvalue weighted by atomic mass is 9.94. The van der Waals surface area contributed by atoms with Crippen LogP contribution in [-0.2, 0) is 10.0 Å². The van der Waals surface area contributed by atoms with Gasteiger partial charge >= 0.3 is 6.18 Å². The number of hydrogen-bond donors (Lipinski definition) is 4. The highest BCUT2D eigenvalue weighted by Gasteiger charge is 2.56. The Morgan fingerprint density at radius 3 is 2.67 bits per heavy atom. The van der Waals surface area contributed by atoms with E-state index in [1.165, 1.54) is 18.2 Å². The molecule has 9 nitrogen and oxygen atoms in total. The van der Waals surface area contributed by atoms with Gasteiger partial charge in [0.1, 0.15) is 5.52 Å². The molecule has 0 amide bonds. The Hall–Kier alpha value is -2.45. The molecule has 0 spiro atoms. The number of pyridine rings is 1. The molecule has 0 bridgehead atoms. The maximum atomic E-state index is 13.2. The second kappa shape index (κ2) is 8.09. The van der Waals surface area contributed by atoms with Crippen LogP contribution in [0.4, 0.5) is 19.0 Å². The molecule has 1 saturated heterocycles. The minimum atomic E-state index is -4.94. The van der Waals surface area contributed by atoms with Crippen molar-refractivity contribution in [2.24, 2.45) is 0 Å². The maximum absolute atomic E-state index is 13.2. The zero-order valence-corrected chi connectivity index (χ0v) is 18.8. The van der Waals surface area contributed by atoms with Crippen LogP contribution in [0.2, 0.25) is 5.02 Å². The number of nitrogens with two attached hydrogens (primary N) is 1. The summed E-state index contributed by atoms with van der Waals surface area (Å²) in [6.45, 7) is -0.0720. The lowest BCUT2D eigenvalue weighted by Gasteiger charge is -2.41. The Morgan fingerprint density at radius 1 is 1.27 bits per heavy atom. The molecule has 33 heavy (non-hydrogen) atoms. The van der Waals surface area contributed by atoms with Gasteiger partial charge in [0.15, 0.2) is 11.4 Å². The van der Waals surface area contributed by atoms with Gasteiger partial charge in [-0.3, -0.25) is 5.10 Å². The monoisotopic (exact) mass is 504 g/mol. The molecular formula is C19H20ClF3N6O3S. The molecule has 3 heterocycles. The fourth-order valence-corrected chi connectivity index (χ4v) is 5.42. The molecule has 0 aliphatic carbocycles. The van der Waals surface area contributed by atoms with Crippen LogP contribution in [-0.4, -0.2) is 70.5 Å². The van der Waals surface area contributed by atoms with Crippen molar-refractivity contribution in [2.75, 3.05) is 25.4 Å². The Balaban J connectivity index is 1.63. The third-order valence-electron chi connectivity index (χ3n) is 5.68. The number of piperazine rings is 1. The molecule has 2 atom stereocenters. The van der Waals surface area contributed by atoms with Crippen LogP contribution in [0.15, 0.2) is 35.2 Å². The molecule has 14 heteroatoms. The second-order valence-corrected chi connectivity index (χ2v) is 10.2. The minimum Gasteiger partial charge on any atom is -0.380 e. The van der Waals surface area contributed by atoms with E-state index in [9.17, 15) is 26.7 Å². The van der Waals surface area contributed by atoms with Gasteiger partial charge in [-0.1, -0.05) is 11.6 Å². The van der Waals surface area contributed by atoms with Gasteiger partial charge in [-0.2, -0.15) is 22.6 Å². The number of anilines is 1. The van der Waals surface area contributed by atoms with E-state index >= 15 is 0 Å². The van der Waals surface area contributed by atoms with E-state index in [0.29, 0.717) is 29.2 Å². The van der Waals surface area contributed by atoms with E-state index in [1.54, 1.807) is 12.1 Å². The molecule has 1 fully saturated rings. The van der Waals surface area contributed by atoms with Crippen molar-refractivity contribution in [3.63, 3.8) is 0 Å². The molecule has 0 saturated carbocycles. The van der Waals surface area contributed by atoms with Crippen molar-refractivity contribution in [3.05, 3.63) is 35.4 Å². The molecule has 1 aliphatic rings. The first-order valence-electron chi connectivity index (χ1n) is 9.75. The van der Waals surface area contributed by atoms with Crippen LogP contribution in [0, 0.1) is 0 Å². The van der Waals surface area contributed by atoms with Crippen LogP contribution in [0.3, 0.4) is 0 Å². The Morgan fingerprint density at radius 2 is 2.00 bits per heavy atom. The summed E-state index contributed by atoms with van der Waals surface area (Å²) < 4.78 is 66.8. The average Bonchev–Trinajstić information content (AvgIpc) is 3.13. The second-order valence-electron chi connectivity index (χ2n) is 7.86. The van der Waals surface area contributed by atoms with Crippen molar-refractivity contribution in [1.29, 1.82) is 0 Å². The molecular weight excluding hydrogens is 485 g/mol. The SMILES string of the molecule is CC(O)(C1CN(S(=O)(=O)c2ccc(-c3ccc4[nH]nc(N)c4n3)c(Cl)c2)CCN1)C(F)(F)F. The van der Waals surface area contributed by atoms with Gasteiger partial charge in [-0.25, -0.2) is 13.4 Å². The zero-order chi connectivity index (χ0) is 24.2. The lowest BCUT2D eigenvalue weighted by molar-refractivity contribution is -0.264. The van der Waals surface area contributed by atoms with E-state index in [4.69, 9.17) is 17.3 Å². The van der Waals surface area contributed by atoms with E-state index in [2.05, 4.69) is 20.5 Å². The quantitative estimate of drug-likeness (QED) is 0.427. The molecule has 4 rings (SSSR count). The van der Waals surface area contributed by atoms with Gasteiger partial charge in [0.2, 0.25) is 10.0 Å². The molecule has 2 unspecified atom stereocenters. The first kappa shape index (κ1) is 23.7. The number of aromatic amines is 1. The van der Waals surface area contributed by atoms with Crippen LogP contribution in [0.1, 0.15) is 6.92 Å². The first-order chi connectivity index (χ1) is 15.3. The Kier molecular flexibility index (Phi) is 5.81. The van der Waals surface area contributed by atoms with Crippen LogP contribution in [0.25, 0.3) is 22.3 Å². The molecule has 3 aromatic rings. The first-order valence-corrected chi connectivity index (χ1v) is 11.6. The van der Waals surface area contributed by atoms with Gasteiger partial charge in [-0.15, -0.1) is 0 Å². The summed E-state index contributed by atoms with van der Waals surface area (Å²) in [6, 6.07) is 5.82. The fourth-order valence-electron chi connectivity index (χ4n) is 3.60. The summed E-state index contributed by atoms with van der Waals surface area (Å²) in [5, 5.41) is 19.2. The number of aliphatic hydroxyl groups is 1. The van der Waals surface area contributed by atoms with Crippen LogP contribution >= 0.6 is 11.6 Å². The third kappa shape index (κ3) is 4.15. The van der Waals surface area contributed by atoms with E-state index in [-0.39, 0.29) is 28.8 Å². The summed E-state index contributed by atoms with van der Waals surface area (Å²) in [5.41, 5.74) is 4.60. The third-order valence-corrected chi connectivity index (χ3v) is 7.85. The number of nitrogens with zero attached hydrogens (tertiary/aromatic N) is 3. The van der Waals surface area contributed by atoms with Gasteiger partial charge in [0, 0.05) is 25.2 Å².